The van der Waals surface area contributed by atoms with Crippen molar-refractivity contribution in [3.05, 3.63) is 61.8 Å². The number of hydrogen-bond donors (Lipinski definition) is 1. The number of hydrogen-bond acceptors (Lipinski definition) is 4. The lowest BCUT2D eigenvalue weighted by atomic mass is 10.4. The minimum Gasteiger partial charge on any atom is -0.393 e. The Balaban J connectivity index is 2.38. The first-order chi connectivity index (χ1) is 9.54. The van der Waals surface area contributed by atoms with Crippen molar-refractivity contribution < 1.29 is 0 Å². The molecule has 0 atom stereocenters. The fourth-order valence-corrected chi connectivity index (χ4v) is 1.95. The van der Waals surface area contributed by atoms with E-state index >= 15 is 0 Å². The van der Waals surface area contributed by atoms with Crippen LogP contribution < -0.4 is 22.5 Å². The van der Waals surface area contributed by atoms with Crippen LogP contribution in [0.2, 0.25) is 0 Å². The molecule has 0 aromatic carbocycles. The topological polar surface area (TPSA) is 92.0 Å². The van der Waals surface area contributed by atoms with Crippen LogP contribution in [0.5, 0.6) is 0 Å². The van der Waals surface area contributed by atoms with Crippen LogP contribution in [-0.4, -0.2) is 13.7 Å². The molecular weight excluding hydrogens is 260 g/mol. The van der Waals surface area contributed by atoms with Crippen LogP contribution in [0.15, 0.2) is 45.0 Å². The van der Waals surface area contributed by atoms with Crippen molar-refractivity contribution in [2.75, 3.05) is 5.73 Å². The molecule has 0 saturated carbocycles. The van der Waals surface area contributed by atoms with Gasteiger partial charge in [0, 0.05) is 38.1 Å². The highest BCUT2D eigenvalue weighted by Crippen LogP contribution is 1.91. The molecule has 0 amide bonds. The Morgan fingerprint density at radius 3 is 2.50 bits per heavy atom. The summed E-state index contributed by atoms with van der Waals surface area (Å²) in [5, 5.41) is 0. The Morgan fingerprint density at radius 1 is 1.10 bits per heavy atom. The third-order valence-electron chi connectivity index (χ3n) is 3.07. The van der Waals surface area contributed by atoms with E-state index in [-0.39, 0.29) is 24.3 Å². The van der Waals surface area contributed by atoms with E-state index < -0.39 is 11.2 Å². The van der Waals surface area contributed by atoms with E-state index in [0.29, 0.717) is 6.54 Å². The first-order valence-corrected chi connectivity index (χ1v) is 6.30. The van der Waals surface area contributed by atoms with Gasteiger partial charge in [-0.1, -0.05) is 6.07 Å². The van der Waals surface area contributed by atoms with Crippen molar-refractivity contribution in [3.63, 3.8) is 0 Å². The van der Waals surface area contributed by atoms with Crippen LogP contribution in [0.4, 0.5) is 5.69 Å². The Hall–Kier alpha value is -2.57. The molecule has 2 aromatic heterocycles. The molecule has 0 aliphatic rings. The summed E-state index contributed by atoms with van der Waals surface area (Å²) in [5.74, 6) is 0. The van der Waals surface area contributed by atoms with Gasteiger partial charge in [0.2, 0.25) is 0 Å². The van der Waals surface area contributed by atoms with E-state index in [4.69, 9.17) is 5.73 Å². The maximum absolute atomic E-state index is 12.1. The minimum absolute atomic E-state index is 0.0202. The number of pyridine rings is 1. The molecule has 0 radical (unpaired) electrons. The van der Waals surface area contributed by atoms with Crippen LogP contribution in [0.1, 0.15) is 6.92 Å². The van der Waals surface area contributed by atoms with Crippen LogP contribution in [0.3, 0.4) is 0 Å². The van der Waals surface area contributed by atoms with Crippen LogP contribution in [0.25, 0.3) is 0 Å². The van der Waals surface area contributed by atoms with Crippen molar-refractivity contribution in [2.45, 2.75) is 26.6 Å². The number of nitrogens with zero attached hydrogens (tertiary/aromatic N) is 3. The van der Waals surface area contributed by atoms with Crippen molar-refractivity contribution in [1.82, 2.24) is 13.7 Å². The number of nitrogen functional groups attached to an aromatic ring is 1. The number of rotatable bonds is 4. The molecular formula is C13H16N4O3. The average molecular weight is 276 g/mol. The van der Waals surface area contributed by atoms with Crippen molar-refractivity contribution in [3.8, 4) is 0 Å². The van der Waals surface area contributed by atoms with Crippen molar-refractivity contribution >= 4 is 5.69 Å². The molecule has 7 nitrogen and oxygen atoms in total. The Labute approximate surface area is 114 Å². The maximum Gasteiger partial charge on any atom is 0.331 e. The lowest BCUT2D eigenvalue weighted by Crippen LogP contribution is -2.41. The standard InChI is InChI=1S/C13H16N4O3/c1-2-15-9-10(14)12(19)17(13(15)20)8-7-16-6-4-3-5-11(16)18/h3-6,9H,2,7-8,14H2,1H3. The van der Waals surface area contributed by atoms with E-state index in [9.17, 15) is 14.4 Å². The summed E-state index contributed by atoms with van der Waals surface area (Å²) in [5.41, 5.74) is 4.50. The smallest absolute Gasteiger partial charge is 0.331 e. The van der Waals surface area contributed by atoms with E-state index in [2.05, 4.69) is 0 Å². The molecule has 0 spiro atoms. The highest BCUT2D eigenvalue weighted by Gasteiger charge is 2.08. The monoisotopic (exact) mass is 276 g/mol. The fraction of sp³-hybridized carbons (Fsp3) is 0.308. The zero-order chi connectivity index (χ0) is 14.7. The van der Waals surface area contributed by atoms with E-state index in [1.165, 1.54) is 21.4 Å². The van der Waals surface area contributed by atoms with Crippen LogP contribution >= 0.6 is 0 Å². The van der Waals surface area contributed by atoms with Gasteiger partial charge in [0.25, 0.3) is 11.1 Å². The number of anilines is 1. The van der Waals surface area contributed by atoms with Gasteiger partial charge in [0.15, 0.2) is 0 Å². The summed E-state index contributed by atoms with van der Waals surface area (Å²) in [6.07, 6.45) is 2.95. The largest absolute Gasteiger partial charge is 0.393 e. The van der Waals surface area contributed by atoms with Gasteiger partial charge in [0.05, 0.1) is 0 Å². The molecule has 2 aromatic rings. The van der Waals surface area contributed by atoms with Gasteiger partial charge in [-0.2, -0.15) is 0 Å². The zero-order valence-corrected chi connectivity index (χ0v) is 11.2. The third-order valence-corrected chi connectivity index (χ3v) is 3.07. The van der Waals surface area contributed by atoms with E-state index in [1.54, 1.807) is 25.3 Å². The highest BCUT2D eigenvalue weighted by atomic mass is 16.2. The predicted molar refractivity (Wildman–Crippen MR) is 75.8 cm³/mol. The van der Waals surface area contributed by atoms with Gasteiger partial charge in [-0.15, -0.1) is 0 Å². The fourth-order valence-electron chi connectivity index (χ4n) is 1.95. The molecule has 0 aliphatic carbocycles. The van der Waals surface area contributed by atoms with Crippen LogP contribution in [0, 0.1) is 0 Å². The lowest BCUT2D eigenvalue weighted by Gasteiger charge is -2.10. The van der Waals surface area contributed by atoms with Gasteiger partial charge in [-0.3, -0.25) is 18.7 Å². The second kappa shape index (κ2) is 5.60. The third kappa shape index (κ3) is 2.56. The molecule has 0 unspecified atom stereocenters. The SMILES string of the molecule is CCn1cc(N)c(=O)n(CCn2ccccc2=O)c1=O. The molecule has 2 heterocycles. The minimum atomic E-state index is -0.524. The Bertz CT molecular complexity index is 785. The maximum atomic E-state index is 12.1. The Morgan fingerprint density at radius 2 is 1.85 bits per heavy atom. The molecule has 7 heteroatoms. The highest BCUT2D eigenvalue weighted by molar-refractivity contribution is 5.30. The quantitative estimate of drug-likeness (QED) is 0.813. The normalized spacial score (nSPS) is 10.7. The summed E-state index contributed by atoms with van der Waals surface area (Å²) in [7, 11) is 0. The van der Waals surface area contributed by atoms with Crippen molar-refractivity contribution in [1.29, 1.82) is 0 Å². The van der Waals surface area contributed by atoms with Gasteiger partial charge >= 0.3 is 5.69 Å². The second-order valence-electron chi connectivity index (χ2n) is 4.34. The van der Waals surface area contributed by atoms with Gasteiger partial charge in [-0.25, -0.2) is 4.79 Å². The molecule has 0 saturated heterocycles. The lowest BCUT2D eigenvalue weighted by molar-refractivity contribution is 0.508. The average Bonchev–Trinajstić information content (AvgIpc) is 2.44. The van der Waals surface area contributed by atoms with Gasteiger partial charge in [0.1, 0.15) is 5.69 Å². The van der Waals surface area contributed by atoms with Gasteiger partial charge in [-0.05, 0) is 13.0 Å². The van der Waals surface area contributed by atoms with E-state index in [1.807, 2.05) is 0 Å². The number of nitrogens with two attached hydrogens (primary N) is 1. The first-order valence-electron chi connectivity index (χ1n) is 6.30. The summed E-state index contributed by atoms with van der Waals surface area (Å²) >= 11 is 0. The Kier molecular flexibility index (Phi) is 3.88. The van der Waals surface area contributed by atoms with Crippen LogP contribution in [-0.2, 0) is 19.6 Å². The van der Waals surface area contributed by atoms with Gasteiger partial charge < -0.3 is 10.3 Å². The second-order valence-corrected chi connectivity index (χ2v) is 4.34. The number of aryl methyl sites for hydroxylation is 2. The molecule has 20 heavy (non-hydrogen) atoms. The zero-order valence-electron chi connectivity index (χ0n) is 11.2. The molecule has 0 aliphatic heterocycles. The summed E-state index contributed by atoms with van der Waals surface area (Å²) < 4.78 is 3.86. The molecule has 2 rings (SSSR count). The first kappa shape index (κ1) is 13.9. The molecule has 106 valence electrons. The number of aromatic nitrogens is 3. The van der Waals surface area contributed by atoms with E-state index in [0.717, 1.165) is 4.57 Å². The summed E-state index contributed by atoms with van der Waals surface area (Å²) in [6.45, 7) is 2.56. The molecule has 0 fully saturated rings. The van der Waals surface area contributed by atoms with Crippen molar-refractivity contribution in [2.24, 2.45) is 0 Å². The predicted octanol–water partition coefficient (Wildman–Crippen LogP) is -0.526. The molecule has 2 N–H and O–H groups in total. The summed E-state index contributed by atoms with van der Waals surface area (Å²) in [4.78, 5) is 35.5. The summed E-state index contributed by atoms with van der Waals surface area (Å²) in [6, 6.07) is 4.77. The molecule has 0 bridgehead atoms.